The molecule has 0 amide bonds. The normalized spacial score (nSPS) is 22.8. The number of aliphatic hydroxyl groups is 1. The highest BCUT2D eigenvalue weighted by atomic mass is 32.2. The van der Waals surface area contributed by atoms with Crippen LogP contribution in [0.5, 0.6) is 0 Å². The van der Waals surface area contributed by atoms with E-state index in [0.717, 1.165) is 10.6 Å². The van der Waals surface area contributed by atoms with Gasteiger partial charge >= 0.3 is 0 Å². The van der Waals surface area contributed by atoms with Crippen molar-refractivity contribution in [3.63, 3.8) is 0 Å². The summed E-state index contributed by atoms with van der Waals surface area (Å²) in [7, 11) is 0. The predicted octanol–water partition coefficient (Wildman–Crippen LogP) is 1.19. The van der Waals surface area contributed by atoms with Crippen molar-refractivity contribution in [3.8, 4) is 0 Å². The number of carbonyl (C=O) groups is 1. The second-order valence-corrected chi connectivity index (χ2v) is 4.43. The maximum atomic E-state index is 11.2. The van der Waals surface area contributed by atoms with Gasteiger partial charge in [-0.05, 0) is 20.8 Å². The number of thioether (sulfide) groups is 1. The summed E-state index contributed by atoms with van der Waals surface area (Å²) in [6, 6.07) is 0. The molecule has 1 aliphatic heterocycles. The van der Waals surface area contributed by atoms with Crippen molar-refractivity contribution in [2.24, 2.45) is 0 Å². The SMILES string of the molecule is CC(=O)C1=C(C)N(CCO)C(C)S1. The van der Waals surface area contributed by atoms with E-state index in [1.165, 1.54) is 0 Å². The number of rotatable bonds is 3. The second-order valence-electron chi connectivity index (χ2n) is 3.10. The monoisotopic (exact) mass is 201 g/mol. The Labute approximate surface area is 82.8 Å². The molecule has 0 spiro atoms. The van der Waals surface area contributed by atoms with E-state index in [9.17, 15) is 4.79 Å². The van der Waals surface area contributed by atoms with Gasteiger partial charge in [0.1, 0.15) is 0 Å². The Morgan fingerprint density at radius 1 is 1.69 bits per heavy atom. The average molecular weight is 201 g/mol. The maximum absolute atomic E-state index is 11.2. The van der Waals surface area contributed by atoms with Crippen molar-refractivity contribution in [1.29, 1.82) is 0 Å². The quantitative estimate of drug-likeness (QED) is 0.744. The van der Waals surface area contributed by atoms with Gasteiger partial charge in [-0.2, -0.15) is 0 Å². The first-order chi connectivity index (χ1) is 6.07. The largest absolute Gasteiger partial charge is 0.395 e. The molecule has 0 aromatic rings. The Hall–Kier alpha value is -0.480. The Balaban J connectivity index is 2.81. The lowest BCUT2D eigenvalue weighted by Gasteiger charge is -2.23. The van der Waals surface area contributed by atoms with Crippen molar-refractivity contribution in [2.75, 3.05) is 13.2 Å². The number of Topliss-reactive ketones (excluding diaryl/α,β-unsaturated/α-hetero) is 1. The number of ketones is 1. The third-order valence-electron chi connectivity index (χ3n) is 2.15. The first-order valence-electron chi connectivity index (χ1n) is 4.34. The minimum atomic E-state index is 0.120. The van der Waals surface area contributed by atoms with E-state index in [1.807, 2.05) is 13.8 Å². The smallest absolute Gasteiger partial charge is 0.167 e. The van der Waals surface area contributed by atoms with Crippen LogP contribution in [0.3, 0.4) is 0 Å². The number of aliphatic hydroxyl groups excluding tert-OH is 1. The van der Waals surface area contributed by atoms with E-state index in [4.69, 9.17) is 5.11 Å². The Morgan fingerprint density at radius 3 is 2.69 bits per heavy atom. The van der Waals surface area contributed by atoms with Gasteiger partial charge in [0.05, 0.1) is 16.9 Å². The zero-order valence-corrected chi connectivity index (χ0v) is 9.02. The summed E-state index contributed by atoms with van der Waals surface area (Å²) in [5.74, 6) is 0.120. The lowest BCUT2D eigenvalue weighted by atomic mass is 10.3. The summed E-state index contributed by atoms with van der Waals surface area (Å²) >= 11 is 1.57. The van der Waals surface area contributed by atoms with E-state index in [-0.39, 0.29) is 17.8 Å². The summed E-state index contributed by atoms with van der Waals surface area (Å²) in [4.78, 5) is 14.1. The molecule has 13 heavy (non-hydrogen) atoms. The summed E-state index contributed by atoms with van der Waals surface area (Å²) in [6.45, 7) is 6.30. The van der Waals surface area contributed by atoms with Crippen LogP contribution in [0.15, 0.2) is 10.6 Å². The number of β-amino-alcohol motifs (C(OH)–C–C–N with tert-alkyl or cyclic N) is 1. The summed E-state index contributed by atoms with van der Waals surface area (Å²) < 4.78 is 0. The topological polar surface area (TPSA) is 40.5 Å². The highest BCUT2D eigenvalue weighted by molar-refractivity contribution is 8.04. The number of hydrogen-bond donors (Lipinski definition) is 1. The lowest BCUT2D eigenvalue weighted by Crippen LogP contribution is -2.28. The maximum Gasteiger partial charge on any atom is 0.167 e. The fourth-order valence-corrected chi connectivity index (χ4v) is 2.70. The number of allylic oxidation sites excluding steroid dienone is 2. The molecule has 0 saturated heterocycles. The Morgan fingerprint density at radius 2 is 2.31 bits per heavy atom. The zero-order chi connectivity index (χ0) is 10.0. The van der Waals surface area contributed by atoms with Crippen LogP contribution in [0.25, 0.3) is 0 Å². The van der Waals surface area contributed by atoms with Crippen LogP contribution < -0.4 is 0 Å². The van der Waals surface area contributed by atoms with E-state index < -0.39 is 0 Å². The van der Waals surface area contributed by atoms with Crippen LogP contribution in [0.4, 0.5) is 0 Å². The van der Waals surface area contributed by atoms with Gasteiger partial charge in [0.2, 0.25) is 0 Å². The molecule has 0 aromatic carbocycles. The molecule has 1 atom stereocenters. The minimum Gasteiger partial charge on any atom is -0.395 e. The third-order valence-corrected chi connectivity index (χ3v) is 3.56. The molecule has 4 heteroatoms. The highest BCUT2D eigenvalue weighted by Gasteiger charge is 2.28. The average Bonchev–Trinajstić information content (AvgIpc) is 2.32. The zero-order valence-electron chi connectivity index (χ0n) is 8.20. The van der Waals surface area contributed by atoms with E-state index in [0.29, 0.717) is 6.54 Å². The molecule has 0 aromatic heterocycles. The molecule has 3 nitrogen and oxygen atoms in total. The highest BCUT2D eigenvalue weighted by Crippen LogP contribution is 2.37. The van der Waals surface area contributed by atoms with Crippen LogP contribution in [0, 0.1) is 0 Å². The van der Waals surface area contributed by atoms with Crippen LogP contribution in [-0.4, -0.2) is 34.3 Å². The van der Waals surface area contributed by atoms with Crippen molar-refractivity contribution in [2.45, 2.75) is 26.1 Å². The standard InChI is InChI=1S/C9H15NO2S/c1-6-9(7(2)12)13-8(3)10(6)4-5-11/h8,11H,4-5H2,1-3H3. The van der Waals surface area contributed by atoms with Gasteiger partial charge in [-0.1, -0.05) is 11.8 Å². The van der Waals surface area contributed by atoms with Crippen molar-refractivity contribution in [1.82, 2.24) is 4.90 Å². The van der Waals surface area contributed by atoms with Gasteiger partial charge in [-0.25, -0.2) is 0 Å². The Bertz CT molecular complexity index is 250. The van der Waals surface area contributed by atoms with Crippen LogP contribution in [-0.2, 0) is 4.79 Å². The molecule has 1 unspecified atom stereocenters. The van der Waals surface area contributed by atoms with Gasteiger partial charge in [-0.15, -0.1) is 0 Å². The Kier molecular flexibility index (Phi) is 3.39. The molecular formula is C9H15NO2S. The first kappa shape index (κ1) is 10.6. The fraction of sp³-hybridized carbons (Fsp3) is 0.667. The fourth-order valence-electron chi connectivity index (χ4n) is 1.52. The number of carbonyl (C=O) groups excluding carboxylic acids is 1. The van der Waals surface area contributed by atoms with Crippen molar-refractivity contribution >= 4 is 17.5 Å². The molecule has 0 radical (unpaired) electrons. The molecule has 0 bridgehead atoms. The van der Waals surface area contributed by atoms with Crippen LogP contribution in [0.2, 0.25) is 0 Å². The van der Waals surface area contributed by atoms with Gasteiger partial charge in [0, 0.05) is 12.2 Å². The lowest BCUT2D eigenvalue weighted by molar-refractivity contribution is -0.113. The molecule has 1 aliphatic rings. The summed E-state index contributed by atoms with van der Waals surface area (Å²) in [5.41, 5.74) is 0.999. The van der Waals surface area contributed by atoms with Crippen molar-refractivity contribution in [3.05, 3.63) is 10.6 Å². The molecular weight excluding hydrogens is 186 g/mol. The van der Waals surface area contributed by atoms with Gasteiger partial charge in [-0.3, -0.25) is 4.79 Å². The first-order valence-corrected chi connectivity index (χ1v) is 5.22. The molecule has 0 aliphatic carbocycles. The number of nitrogens with zero attached hydrogens (tertiary/aromatic N) is 1. The molecule has 1 heterocycles. The van der Waals surface area contributed by atoms with Gasteiger partial charge in [0.25, 0.3) is 0 Å². The molecule has 74 valence electrons. The van der Waals surface area contributed by atoms with Crippen LogP contribution >= 0.6 is 11.8 Å². The molecule has 0 saturated carbocycles. The minimum absolute atomic E-state index is 0.120. The summed E-state index contributed by atoms with van der Waals surface area (Å²) in [5, 5.41) is 9.10. The van der Waals surface area contributed by atoms with E-state index >= 15 is 0 Å². The number of hydrogen-bond acceptors (Lipinski definition) is 4. The second kappa shape index (κ2) is 4.15. The summed E-state index contributed by atoms with van der Waals surface area (Å²) in [6.07, 6.45) is 0. The van der Waals surface area contributed by atoms with Crippen molar-refractivity contribution < 1.29 is 9.90 Å². The molecule has 0 fully saturated rings. The van der Waals surface area contributed by atoms with E-state index in [1.54, 1.807) is 18.7 Å². The van der Waals surface area contributed by atoms with E-state index in [2.05, 4.69) is 4.90 Å². The molecule has 1 rings (SSSR count). The van der Waals surface area contributed by atoms with Gasteiger partial charge in [0.15, 0.2) is 5.78 Å². The third kappa shape index (κ3) is 2.06. The van der Waals surface area contributed by atoms with Crippen LogP contribution in [0.1, 0.15) is 20.8 Å². The molecule has 1 N–H and O–H groups in total. The van der Waals surface area contributed by atoms with Gasteiger partial charge < -0.3 is 10.0 Å². The predicted molar refractivity (Wildman–Crippen MR) is 54.2 cm³/mol.